The molecule has 1 N–H and O–H groups in total. The molecule has 0 saturated heterocycles. The second-order valence-electron chi connectivity index (χ2n) is 13.9. The molecule has 0 bridgehead atoms. The summed E-state index contributed by atoms with van der Waals surface area (Å²) >= 11 is 0. The van der Waals surface area contributed by atoms with Crippen LogP contribution in [-0.4, -0.2) is 66.6 Å². The molecule has 2 unspecified atom stereocenters. The number of Topliss-reactive ketones (excluding diaryl/α,β-unsaturated/α-hetero) is 1. The second kappa shape index (κ2) is 13.1. The quantitative estimate of drug-likeness (QED) is 0.300. The number of esters is 1. The number of carbonyl (C=O) groups is 3. The van der Waals surface area contributed by atoms with E-state index in [0.29, 0.717) is 18.5 Å². The maximum absolute atomic E-state index is 15.9. The van der Waals surface area contributed by atoms with E-state index in [9.17, 15) is 19.5 Å². The third kappa shape index (κ3) is 5.72. The Morgan fingerprint density at radius 2 is 1.84 bits per heavy atom. The molecule has 0 aromatic heterocycles. The zero-order valence-corrected chi connectivity index (χ0v) is 26.8. The zero-order valence-electron chi connectivity index (χ0n) is 26.8. The summed E-state index contributed by atoms with van der Waals surface area (Å²) in [6.07, 6.45) is 13.9. The van der Waals surface area contributed by atoms with Crippen molar-refractivity contribution in [2.45, 2.75) is 72.1 Å². The van der Waals surface area contributed by atoms with Crippen LogP contribution in [0.25, 0.3) is 0 Å². The molecule has 9 atom stereocenters. The average Bonchev–Trinajstić information content (AvgIpc) is 3.20. The van der Waals surface area contributed by atoms with E-state index in [4.69, 9.17) is 4.74 Å². The number of alkyl halides is 1. The lowest BCUT2D eigenvalue weighted by Gasteiger charge is -2.61. The highest BCUT2D eigenvalue weighted by atomic mass is 19.1. The molecule has 4 aliphatic carbocycles. The molecular formula is C37H48FNO5. The molecule has 0 amide bonds. The van der Waals surface area contributed by atoms with Crippen LogP contribution in [-0.2, 0) is 25.5 Å². The van der Waals surface area contributed by atoms with E-state index in [1.54, 1.807) is 6.08 Å². The number of aliphatic hydroxyl groups is 1. The maximum atomic E-state index is 15.9. The van der Waals surface area contributed by atoms with Gasteiger partial charge in [-0.15, -0.1) is 12.8 Å². The highest BCUT2D eigenvalue weighted by Gasteiger charge is 2.71. The van der Waals surface area contributed by atoms with E-state index in [1.165, 1.54) is 24.6 Å². The fourth-order valence-corrected chi connectivity index (χ4v) is 9.79. The van der Waals surface area contributed by atoms with Crippen molar-refractivity contribution in [2.24, 2.45) is 39.9 Å². The largest absolute Gasteiger partial charge is 0.458 e. The SMILES string of the molecule is C#C.CC(=O)OCC(=O)[C@@]1(CN(C)CCCc2ccccc2)[C@H](C)CC2[C@@H]3C[C@H](F)C4=CC(=O)C=C[C@]4(C)C3[C@@H](O)C[C@@]21C. The molecule has 0 radical (unpaired) electrons. The number of aryl methyl sites for hydroxylation is 1. The molecule has 3 fully saturated rings. The first-order chi connectivity index (χ1) is 20.8. The topological polar surface area (TPSA) is 83.9 Å². The Morgan fingerprint density at radius 3 is 2.50 bits per heavy atom. The molecule has 1 aromatic carbocycles. The summed E-state index contributed by atoms with van der Waals surface area (Å²) in [6, 6.07) is 10.3. The smallest absolute Gasteiger partial charge is 0.303 e. The van der Waals surface area contributed by atoms with Crippen molar-refractivity contribution >= 4 is 17.5 Å². The van der Waals surface area contributed by atoms with E-state index in [0.717, 1.165) is 25.8 Å². The van der Waals surface area contributed by atoms with Crippen molar-refractivity contribution in [3.8, 4) is 12.8 Å². The monoisotopic (exact) mass is 605 g/mol. The predicted octanol–water partition coefficient (Wildman–Crippen LogP) is 5.39. The van der Waals surface area contributed by atoms with Crippen LogP contribution in [0.2, 0.25) is 0 Å². The van der Waals surface area contributed by atoms with Crippen molar-refractivity contribution in [2.75, 3.05) is 26.7 Å². The van der Waals surface area contributed by atoms with Gasteiger partial charge in [-0.1, -0.05) is 57.2 Å². The summed E-state index contributed by atoms with van der Waals surface area (Å²) in [4.78, 5) is 40.5. The van der Waals surface area contributed by atoms with Gasteiger partial charge in [-0.05, 0) is 92.2 Å². The lowest BCUT2D eigenvalue weighted by molar-refractivity contribution is -0.170. The lowest BCUT2D eigenvalue weighted by atomic mass is 9.44. The minimum Gasteiger partial charge on any atom is -0.458 e. The summed E-state index contributed by atoms with van der Waals surface area (Å²) < 4.78 is 21.2. The number of aliphatic hydroxyl groups excluding tert-OH is 1. The number of allylic oxidation sites excluding steroid dienone is 4. The van der Waals surface area contributed by atoms with Gasteiger partial charge in [0.25, 0.3) is 0 Å². The lowest BCUT2D eigenvalue weighted by Crippen LogP contribution is -2.63. The number of benzene rings is 1. The van der Waals surface area contributed by atoms with E-state index in [2.05, 4.69) is 43.7 Å². The molecule has 0 heterocycles. The number of terminal acetylenes is 1. The Kier molecular flexibility index (Phi) is 10.1. The van der Waals surface area contributed by atoms with Gasteiger partial charge in [-0.2, -0.15) is 0 Å². The minimum atomic E-state index is -1.28. The van der Waals surface area contributed by atoms with Gasteiger partial charge in [0.15, 0.2) is 18.2 Å². The van der Waals surface area contributed by atoms with Crippen LogP contribution in [0.4, 0.5) is 4.39 Å². The summed E-state index contributed by atoms with van der Waals surface area (Å²) in [5.41, 5.74) is -0.500. The first kappa shape index (κ1) is 33.8. The number of ether oxygens (including phenoxy) is 1. The third-order valence-corrected chi connectivity index (χ3v) is 11.6. The van der Waals surface area contributed by atoms with Gasteiger partial charge in [0.2, 0.25) is 0 Å². The highest BCUT2D eigenvalue weighted by molar-refractivity contribution is 6.01. The van der Waals surface area contributed by atoms with E-state index < -0.39 is 34.5 Å². The first-order valence-electron chi connectivity index (χ1n) is 15.8. The van der Waals surface area contributed by atoms with Crippen molar-refractivity contribution in [3.05, 3.63) is 59.7 Å². The van der Waals surface area contributed by atoms with Crippen LogP contribution in [0.1, 0.15) is 58.9 Å². The van der Waals surface area contributed by atoms with Crippen LogP contribution >= 0.6 is 0 Å². The number of rotatable bonds is 9. The fraction of sp³-hybridized carbons (Fsp3) is 0.595. The highest BCUT2D eigenvalue weighted by Crippen LogP contribution is 2.71. The van der Waals surface area contributed by atoms with Gasteiger partial charge in [0.05, 0.1) is 11.5 Å². The van der Waals surface area contributed by atoms with Gasteiger partial charge in [0, 0.05) is 24.8 Å². The Balaban J connectivity index is 0.00000216. The number of hydrogen-bond donors (Lipinski definition) is 1. The van der Waals surface area contributed by atoms with Crippen molar-refractivity contribution in [3.63, 3.8) is 0 Å². The number of nitrogens with zero attached hydrogens (tertiary/aromatic N) is 1. The van der Waals surface area contributed by atoms with E-state index in [-0.39, 0.29) is 48.3 Å². The number of halogens is 1. The van der Waals surface area contributed by atoms with Crippen molar-refractivity contribution in [1.82, 2.24) is 4.90 Å². The normalized spacial score (nSPS) is 37.1. The zero-order chi connectivity index (χ0) is 32.4. The molecule has 44 heavy (non-hydrogen) atoms. The van der Waals surface area contributed by atoms with Crippen LogP contribution < -0.4 is 0 Å². The second-order valence-corrected chi connectivity index (χ2v) is 13.9. The van der Waals surface area contributed by atoms with Crippen LogP contribution in [0.3, 0.4) is 0 Å². The molecule has 6 nitrogen and oxygen atoms in total. The van der Waals surface area contributed by atoms with Gasteiger partial charge < -0.3 is 14.7 Å². The Labute approximate surface area is 262 Å². The van der Waals surface area contributed by atoms with Crippen molar-refractivity contribution < 1.29 is 28.6 Å². The maximum Gasteiger partial charge on any atom is 0.303 e. The van der Waals surface area contributed by atoms with Crippen LogP contribution in [0.15, 0.2) is 54.1 Å². The minimum absolute atomic E-state index is 0.00236. The summed E-state index contributed by atoms with van der Waals surface area (Å²) in [5.74, 6) is -1.26. The number of carbonyl (C=O) groups excluding carboxylic acids is 3. The Bertz CT molecular complexity index is 1320. The van der Waals surface area contributed by atoms with Gasteiger partial charge in [-0.25, -0.2) is 4.39 Å². The van der Waals surface area contributed by atoms with Gasteiger partial charge in [-0.3, -0.25) is 14.4 Å². The Hall–Kier alpha value is -3.08. The third-order valence-electron chi connectivity index (χ3n) is 11.6. The molecular weight excluding hydrogens is 557 g/mol. The summed E-state index contributed by atoms with van der Waals surface area (Å²) in [7, 11) is 2.04. The number of hydrogen-bond acceptors (Lipinski definition) is 6. The molecule has 4 aliphatic rings. The number of ketones is 2. The standard InChI is InChI=1S/C35H46FNO5.C2H2/c1-22-16-27-26-18-29(36)28-17-25(39)13-14-33(28,3)32(26)30(40)19-34(27,4)35(22,31(41)20-42-23(2)38)21-37(5)15-9-12-24-10-7-6-8-11-24;1-2/h6-8,10-11,13-14,17,22,26-27,29-30,32,40H,9,12,15-16,18-21H2,1-5H3;1-2H/t22-,26+,27?,29+,30+,32?,33+,34+,35-;/m1./s1. The fourth-order valence-electron chi connectivity index (χ4n) is 9.79. The van der Waals surface area contributed by atoms with Crippen LogP contribution in [0.5, 0.6) is 0 Å². The molecule has 7 heteroatoms. The molecule has 238 valence electrons. The summed E-state index contributed by atoms with van der Waals surface area (Å²) in [5, 5.41) is 11.9. The number of fused-ring (bicyclic) bond motifs is 5. The van der Waals surface area contributed by atoms with Gasteiger partial charge >= 0.3 is 5.97 Å². The average molecular weight is 606 g/mol. The van der Waals surface area contributed by atoms with Gasteiger partial charge in [0.1, 0.15) is 6.17 Å². The molecule has 1 aromatic rings. The van der Waals surface area contributed by atoms with E-state index in [1.807, 2.05) is 32.2 Å². The Morgan fingerprint density at radius 1 is 1.16 bits per heavy atom. The van der Waals surface area contributed by atoms with Crippen LogP contribution in [0, 0.1) is 52.8 Å². The molecule has 5 rings (SSSR count). The molecule has 0 spiro atoms. The van der Waals surface area contributed by atoms with Crippen molar-refractivity contribution in [1.29, 1.82) is 0 Å². The first-order valence-corrected chi connectivity index (χ1v) is 15.8. The summed E-state index contributed by atoms with van der Waals surface area (Å²) in [6.45, 7) is 8.46. The predicted molar refractivity (Wildman–Crippen MR) is 169 cm³/mol. The molecule has 3 saturated carbocycles. The molecule has 0 aliphatic heterocycles. The van der Waals surface area contributed by atoms with E-state index >= 15 is 4.39 Å².